The van der Waals surface area contributed by atoms with E-state index in [1.54, 1.807) is 42.1 Å². The Labute approximate surface area is 160 Å². The molecule has 27 heavy (non-hydrogen) atoms. The Bertz CT molecular complexity index is 1140. The van der Waals surface area contributed by atoms with Crippen molar-refractivity contribution in [3.8, 4) is 16.9 Å². The van der Waals surface area contributed by atoms with Gasteiger partial charge in [-0.05, 0) is 42.0 Å². The summed E-state index contributed by atoms with van der Waals surface area (Å²) >= 11 is 5.93. The lowest BCUT2D eigenvalue weighted by atomic mass is 10.1. The van der Waals surface area contributed by atoms with Crippen molar-refractivity contribution < 1.29 is 9.53 Å². The summed E-state index contributed by atoms with van der Waals surface area (Å²) in [6.45, 7) is 0. The summed E-state index contributed by atoms with van der Waals surface area (Å²) < 4.78 is 7.02. The molecule has 0 aliphatic rings. The van der Waals surface area contributed by atoms with Crippen molar-refractivity contribution in [1.82, 2.24) is 14.6 Å². The summed E-state index contributed by atoms with van der Waals surface area (Å²) in [5, 5.41) is 7.47. The number of benzene rings is 2. The van der Waals surface area contributed by atoms with E-state index in [4.69, 9.17) is 16.3 Å². The Balaban J connectivity index is 1.64. The van der Waals surface area contributed by atoms with Crippen LogP contribution in [0, 0.1) is 0 Å². The molecule has 1 amide bonds. The number of nitrogens with one attached hydrogen (secondary N) is 1. The highest BCUT2D eigenvalue weighted by atomic mass is 35.5. The number of ether oxygens (including phenoxy) is 1. The standard InChI is InChI=1S/C20H15ClN4O2/c1-27-17-8-3-2-7-16(17)13-9-10-25-18(12-13)22-20(24-25)23-19(26)14-5-4-6-15(21)11-14/h2-12H,1H3,(H,23,24,26). The fraction of sp³-hybridized carbons (Fsp3) is 0.0500. The number of pyridine rings is 1. The molecule has 0 aliphatic heterocycles. The Kier molecular flexibility index (Phi) is 4.48. The third-order valence-corrected chi connectivity index (χ3v) is 4.30. The number of rotatable bonds is 4. The predicted octanol–water partition coefficient (Wildman–Crippen LogP) is 4.31. The number of carbonyl (C=O) groups excluding carboxylic acids is 1. The Morgan fingerprint density at radius 1 is 1.11 bits per heavy atom. The van der Waals surface area contributed by atoms with Crippen LogP contribution in [0.3, 0.4) is 0 Å². The summed E-state index contributed by atoms with van der Waals surface area (Å²) in [6.07, 6.45) is 1.79. The molecule has 0 atom stereocenters. The van der Waals surface area contributed by atoms with Crippen molar-refractivity contribution in [1.29, 1.82) is 0 Å². The summed E-state index contributed by atoms with van der Waals surface area (Å²) in [7, 11) is 1.64. The van der Waals surface area contributed by atoms with Crippen LogP contribution in [0.4, 0.5) is 5.95 Å². The largest absolute Gasteiger partial charge is 0.496 e. The van der Waals surface area contributed by atoms with Gasteiger partial charge in [0, 0.05) is 22.3 Å². The van der Waals surface area contributed by atoms with Gasteiger partial charge in [-0.2, -0.15) is 4.98 Å². The maximum atomic E-state index is 12.3. The molecule has 2 aromatic heterocycles. The lowest BCUT2D eigenvalue weighted by Crippen LogP contribution is -2.12. The Morgan fingerprint density at radius 3 is 2.78 bits per heavy atom. The lowest BCUT2D eigenvalue weighted by molar-refractivity contribution is 0.102. The number of hydrogen-bond donors (Lipinski definition) is 1. The summed E-state index contributed by atoms with van der Waals surface area (Å²) in [4.78, 5) is 16.7. The van der Waals surface area contributed by atoms with Gasteiger partial charge in [0.05, 0.1) is 7.11 Å². The monoisotopic (exact) mass is 378 g/mol. The minimum absolute atomic E-state index is 0.220. The van der Waals surface area contributed by atoms with Gasteiger partial charge in [-0.3, -0.25) is 10.1 Å². The number of fused-ring (bicyclic) bond motifs is 1. The minimum Gasteiger partial charge on any atom is -0.496 e. The van der Waals surface area contributed by atoms with Gasteiger partial charge in [0.2, 0.25) is 5.95 Å². The first-order valence-electron chi connectivity index (χ1n) is 8.21. The van der Waals surface area contributed by atoms with Crippen LogP contribution in [0.25, 0.3) is 16.8 Å². The van der Waals surface area contributed by atoms with Crippen molar-refractivity contribution in [3.63, 3.8) is 0 Å². The van der Waals surface area contributed by atoms with Gasteiger partial charge < -0.3 is 4.74 Å². The average molecular weight is 379 g/mol. The van der Waals surface area contributed by atoms with E-state index in [9.17, 15) is 4.79 Å². The first kappa shape index (κ1) is 17.1. The van der Waals surface area contributed by atoms with E-state index in [0.717, 1.165) is 16.9 Å². The third-order valence-electron chi connectivity index (χ3n) is 4.07. The molecule has 0 bridgehead atoms. The van der Waals surface area contributed by atoms with Crippen molar-refractivity contribution in [2.75, 3.05) is 12.4 Å². The Morgan fingerprint density at radius 2 is 1.96 bits per heavy atom. The maximum absolute atomic E-state index is 12.3. The summed E-state index contributed by atoms with van der Waals surface area (Å²) in [5.41, 5.74) is 2.95. The third kappa shape index (κ3) is 3.47. The molecule has 2 heterocycles. The molecule has 1 N–H and O–H groups in total. The van der Waals surface area contributed by atoms with Crippen molar-refractivity contribution in [2.24, 2.45) is 0 Å². The van der Waals surface area contributed by atoms with Crippen LogP contribution in [0.15, 0.2) is 66.9 Å². The SMILES string of the molecule is COc1ccccc1-c1ccn2nc(NC(=O)c3cccc(Cl)c3)nc2c1. The van der Waals surface area contributed by atoms with Crippen molar-refractivity contribution in [2.45, 2.75) is 0 Å². The second kappa shape index (κ2) is 7.09. The highest BCUT2D eigenvalue weighted by Crippen LogP contribution is 2.30. The van der Waals surface area contributed by atoms with Gasteiger partial charge in [-0.25, -0.2) is 4.52 Å². The smallest absolute Gasteiger partial charge is 0.258 e. The molecule has 0 fully saturated rings. The highest BCUT2D eigenvalue weighted by molar-refractivity contribution is 6.31. The Hall–Kier alpha value is -3.38. The second-order valence-corrected chi connectivity index (χ2v) is 6.25. The topological polar surface area (TPSA) is 68.5 Å². The number of anilines is 1. The average Bonchev–Trinajstić information content (AvgIpc) is 3.09. The van der Waals surface area contributed by atoms with Crippen molar-refractivity contribution in [3.05, 3.63) is 77.4 Å². The molecule has 4 aromatic rings. The fourth-order valence-electron chi connectivity index (χ4n) is 2.79. The van der Waals surface area contributed by atoms with E-state index in [1.165, 1.54) is 0 Å². The number of para-hydroxylation sites is 1. The molecule has 7 heteroatoms. The number of methoxy groups -OCH3 is 1. The molecule has 134 valence electrons. The van der Waals surface area contributed by atoms with E-state index < -0.39 is 0 Å². The maximum Gasteiger partial charge on any atom is 0.258 e. The molecule has 0 unspecified atom stereocenters. The minimum atomic E-state index is -0.321. The first-order chi connectivity index (χ1) is 13.1. The molecule has 0 radical (unpaired) electrons. The van der Waals surface area contributed by atoms with Crippen LogP contribution in [-0.2, 0) is 0 Å². The molecular formula is C20H15ClN4O2. The van der Waals surface area contributed by atoms with Crippen LogP contribution >= 0.6 is 11.6 Å². The fourth-order valence-corrected chi connectivity index (χ4v) is 2.98. The van der Waals surface area contributed by atoms with Gasteiger partial charge in [0.1, 0.15) is 5.75 Å². The van der Waals surface area contributed by atoms with Crippen LogP contribution < -0.4 is 10.1 Å². The summed E-state index contributed by atoms with van der Waals surface area (Å²) in [6, 6.07) is 18.2. The molecule has 4 rings (SSSR count). The number of nitrogens with zero attached hydrogens (tertiary/aromatic N) is 3. The molecule has 0 saturated heterocycles. The molecular weight excluding hydrogens is 364 g/mol. The number of halogens is 1. The number of hydrogen-bond acceptors (Lipinski definition) is 4. The van der Waals surface area contributed by atoms with Crippen LogP contribution in [0.5, 0.6) is 5.75 Å². The zero-order valence-electron chi connectivity index (χ0n) is 14.4. The van der Waals surface area contributed by atoms with Crippen LogP contribution in [-0.4, -0.2) is 27.6 Å². The van der Waals surface area contributed by atoms with Crippen LogP contribution in [0.1, 0.15) is 10.4 Å². The van der Waals surface area contributed by atoms with E-state index in [1.807, 2.05) is 36.4 Å². The molecule has 0 saturated carbocycles. The zero-order valence-corrected chi connectivity index (χ0v) is 15.1. The van der Waals surface area contributed by atoms with Crippen molar-refractivity contribution >= 4 is 29.1 Å². The zero-order chi connectivity index (χ0) is 18.8. The molecule has 0 aliphatic carbocycles. The molecule has 0 spiro atoms. The van der Waals surface area contributed by atoms with Gasteiger partial charge in [0.25, 0.3) is 5.91 Å². The quantitative estimate of drug-likeness (QED) is 0.574. The van der Waals surface area contributed by atoms with E-state index in [2.05, 4.69) is 15.4 Å². The highest BCUT2D eigenvalue weighted by Gasteiger charge is 2.12. The molecule has 6 nitrogen and oxygen atoms in total. The van der Waals surface area contributed by atoms with Crippen LogP contribution in [0.2, 0.25) is 5.02 Å². The van der Waals surface area contributed by atoms with E-state index >= 15 is 0 Å². The lowest BCUT2D eigenvalue weighted by Gasteiger charge is -2.07. The van der Waals surface area contributed by atoms with Gasteiger partial charge in [0.15, 0.2) is 5.65 Å². The van der Waals surface area contributed by atoms with E-state index in [-0.39, 0.29) is 11.9 Å². The van der Waals surface area contributed by atoms with Gasteiger partial charge in [-0.15, -0.1) is 5.10 Å². The first-order valence-corrected chi connectivity index (χ1v) is 8.58. The van der Waals surface area contributed by atoms with E-state index in [0.29, 0.717) is 16.2 Å². The number of carbonyl (C=O) groups is 1. The number of amides is 1. The van der Waals surface area contributed by atoms with Gasteiger partial charge in [-0.1, -0.05) is 35.9 Å². The molecule has 2 aromatic carbocycles. The predicted molar refractivity (Wildman–Crippen MR) is 104 cm³/mol. The van der Waals surface area contributed by atoms with Gasteiger partial charge >= 0.3 is 0 Å². The normalized spacial score (nSPS) is 10.7. The second-order valence-electron chi connectivity index (χ2n) is 5.82. The summed E-state index contributed by atoms with van der Waals surface area (Å²) in [5.74, 6) is 0.673. The number of aromatic nitrogens is 3.